The van der Waals surface area contributed by atoms with Crippen molar-refractivity contribution < 1.29 is 48.7 Å². The first-order valence-corrected chi connectivity index (χ1v) is 9.25. The standard InChI is InChI=1S/C16H22FN5O11/c17-5-2-22(16(31)21-11(5)26)13-9(25)8(24)10(33-13)7(14(28)29)20-12(27)6(18)1-4(23)3-32-15(19)30/h2,4,6-10,13,23-25H,1,3,18H2,(H2,19,30)(H,20,27)(H,28,29)(H,21,26,31)/t4-,6+,7+,8+,9-,10?,13-/m1/s1. The Morgan fingerprint density at radius 2 is 1.94 bits per heavy atom. The molecule has 17 heteroatoms. The fourth-order valence-electron chi connectivity index (χ4n) is 3.03. The predicted octanol–water partition coefficient (Wildman–Crippen LogP) is -4.96. The Bertz CT molecular complexity index is 1010. The van der Waals surface area contributed by atoms with Gasteiger partial charge in [0.15, 0.2) is 12.3 Å². The minimum absolute atomic E-state index is 0.393. The van der Waals surface area contributed by atoms with E-state index in [1.165, 1.54) is 0 Å². The number of aliphatic hydroxyl groups excluding tert-OH is 3. The summed E-state index contributed by atoms with van der Waals surface area (Å²) in [4.78, 5) is 59.2. The number of halogens is 1. The number of carboxylic acids is 1. The number of aliphatic hydroxyl groups is 3. The molecule has 1 aliphatic rings. The number of hydrogen-bond acceptors (Lipinski definition) is 11. The molecule has 1 aromatic heterocycles. The molecule has 2 amide bonds. The molecule has 2 heterocycles. The molecule has 1 fully saturated rings. The molecule has 1 aromatic rings. The summed E-state index contributed by atoms with van der Waals surface area (Å²) >= 11 is 0. The van der Waals surface area contributed by atoms with E-state index in [-0.39, 0.29) is 0 Å². The zero-order valence-corrected chi connectivity index (χ0v) is 16.7. The van der Waals surface area contributed by atoms with E-state index in [4.69, 9.17) is 16.2 Å². The first kappa shape index (κ1) is 25.9. The zero-order chi connectivity index (χ0) is 25.0. The number of nitrogens with zero attached hydrogens (tertiary/aromatic N) is 1. The van der Waals surface area contributed by atoms with Crippen LogP contribution >= 0.6 is 0 Å². The summed E-state index contributed by atoms with van der Waals surface area (Å²) in [6.45, 7) is -0.582. The third-order valence-electron chi connectivity index (χ3n) is 4.65. The van der Waals surface area contributed by atoms with Crippen molar-refractivity contribution >= 4 is 18.0 Å². The first-order valence-electron chi connectivity index (χ1n) is 9.25. The molecule has 184 valence electrons. The van der Waals surface area contributed by atoms with Crippen molar-refractivity contribution in [3.8, 4) is 0 Å². The Kier molecular flexibility index (Phi) is 8.23. The lowest BCUT2D eigenvalue weighted by molar-refractivity contribution is -0.149. The number of amides is 2. The highest BCUT2D eigenvalue weighted by molar-refractivity contribution is 5.87. The maximum Gasteiger partial charge on any atom is 0.404 e. The van der Waals surface area contributed by atoms with Gasteiger partial charge in [-0.25, -0.2) is 14.4 Å². The second-order valence-corrected chi connectivity index (χ2v) is 7.07. The zero-order valence-electron chi connectivity index (χ0n) is 16.7. The van der Waals surface area contributed by atoms with Crippen LogP contribution in [0.5, 0.6) is 0 Å². The van der Waals surface area contributed by atoms with Crippen molar-refractivity contribution in [2.24, 2.45) is 11.5 Å². The van der Waals surface area contributed by atoms with Gasteiger partial charge in [-0.2, -0.15) is 4.39 Å². The molecular weight excluding hydrogens is 457 g/mol. The molecule has 0 spiro atoms. The Labute approximate surface area is 182 Å². The number of ether oxygens (including phenoxy) is 2. The molecular formula is C16H22FN5O11. The Morgan fingerprint density at radius 1 is 1.30 bits per heavy atom. The summed E-state index contributed by atoms with van der Waals surface area (Å²) in [5.41, 5.74) is 7.76. The summed E-state index contributed by atoms with van der Waals surface area (Å²) in [6.07, 6.45) is -10.3. The first-order chi connectivity index (χ1) is 15.3. The van der Waals surface area contributed by atoms with E-state index in [9.17, 15) is 48.8 Å². The van der Waals surface area contributed by atoms with Crippen LogP contribution in [0.25, 0.3) is 0 Å². The summed E-state index contributed by atoms with van der Waals surface area (Å²) in [5, 5.41) is 41.5. The van der Waals surface area contributed by atoms with E-state index in [1.807, 2.05) is 5.32 Å². The van der Waals surface area contributed by atoms with E-state index in [0.717, 1.165) is 0 Å². The van der Waals surface area contributed by atoms with Crippen LogP contribution in [0.4, 0.5) is 9.18 Å². The molecule has 33 heavy (non-hydrogen) atoms. The van der Waals surface area contributed by atoms with E-state index >= 15 is 0 Å². The van der Waals surface area contributed by atoms with E-state index in [2.05, 4.69) is 4.74 Å². The number of carbonyl (C=O) groups is 3. The van der Waals surface area contributed by atoms with Crippen molar-refractivity contribution in [2.45, 2.75) is 49.1 Å². The quantitative estimate of drug-likeness (QED) is 0.165. The van der Waals surface area contributed by atoms with Crippen LogP contribution in [-0.2, 0) is 19.1 Å². The molecule has 16 nitrogen and oxygen atoms in total. The van der Waals surface area contributed by atoms with Gasteiger partial charge in [0, 0.05) is 6.42 Å². The molecule has 1 unspecified atom stereocenters. The van der Waals surface area contributed by atoms with Gasteiger partial charge in [0.25, 0.3) is 5.56 Å². The minimum Gasteiger partial charge on any atom is -0.480 e. The molecule has 0 bridgehead atoms. The number of aromatic nitrogens is 2. The van der Waals surface area contributed by atoms with Gasteiger partial charge in [-0.05, 0) is 0 Å². The minimum atomic E-state index is -2.01. The number of rotatable bonds is 9. The lowest BCUT2D eigenvalue weighted by Gasteiger charge is -2.25. The molecule has 1 saturated heterocycles. The van der Waals surface area contributed by atoms with Crippen molar-refractivity contribution in [3.63, 3.8) is 0 Å². The van der Waals surface area contributed by atoms with Crippen LogP contribution in [0.15, 0.2) is 15.8 Å². The van der Waals surface area contributed by atoms with Crippen LogP contribution in [0.1, 0.15) is 12.6 Å². The Balaban J connectivity index is 2.15. The third kappa shape index (κ3) is 6.11. The highest BCUT2D eigenvalue weighted by Gasteiger charge is 2.50. The fourth-order valence-corrected chi connectivity index (χ4v) is 3.03. The molecule has 1 aliphatic heterocycles. The lowest BCUT2D eigenvalue weighted by atomic mass is 10.0. The van der Waals surface area contributed by atoms with Gasteiger partial charge in [0.2, 0.25) is 11.7 Å². The van der Waals surface area contributed by atoms with Crippen LogP contribution in [0.2, 0.25) is 0 Å². The van der Waals surface area contributed by atoms with E-state index in [1.54, 1.807) is 4.98 Å². The average molecular weight is 479 g/mol. The van der Waals surface area contributed by atoms with Crippen molar-refractivity contribution in [1.82, 2.24) is 14.9 Å². The number of nitrogens with one attached hydrogen (secondary N) is 2. The number of aromatic amines is 1. The molecule has 7 atom stereocenters. The summed E-state index contributed by atoms with van der Waals surface area (Å²) < 4.78 is 23.5. The van der Waals surface area contributed by atoms with Gasteiger partial charge in [-0.15, -0.1) is 0 Å². The Morgan fingerprint density at radius 3 is 2.52 bits per heavy atom. The van der Waals surface area contributed by atoms with Crippen molar-refractivity contribution in [3.05, 3.63) is 32.9 Å². The molecule has 0 radical (unpaired) electrons. The topological polar surface area (TPSA) is 270 Å². The predicted molar refractivity (Wildman–Crippen MR) is 101 cm³/mol. The Hall–Kier alpha value is -3.38. The van der Waals surface area contributed by atoms with Gasteiger partial charge in [-0.3, -0.25) is 19.1 Å². The van der Waals surface area contributed by atoms with Crippen LogP contribution in [0.3, 0.4) is 0 Å². The average Bonchev–Trinajstić information content (AvgIpc) is 3.01. The molecule has 0 aromatic carbocycles. The molecule has 0 saturated carbocycles. The van der Waals surface area contributed by atoms with Gasteiger partial charge in [0.1, 0.15) is 24.9 Å². The van der Waals surface area contributed by atoms with Gasteiger partial charge >= 0.3 is 17.8 Å². The SMILES string of the molecule is NC(=O)OC[C@H](O)C[C@H](N)C(=O)N[C@H](C(=O)O)C1O[C@@H](n2cc(F)c(=O)[nH]c2=O)[C@H](O)[C@@H]1O. The summed E-state index contributed by atoms with van der Waals surface area (Å²) in [5.74, 6) is -4.28. The summed E-state index contributed by atoms with van der Waals surface area (Å²) in [7, 11) is 0. The lowest BCUT2D eigenvalue weighted by Crippen LogP contribution is -2.56. The normalized spacial score (nSPS) is 25.1. The van der Waals surface area contributed by atoms with Gasteiger partial charge < -0.3 is 46.7 Å². The molecule has 2 rings (SSSR count). The fraction of sp³-hybridized carbons (Fsp3) is 0.562. The molecule has 10 N–H and O–H groups in total. The van der Waals surface area contributed by atoms with Crippen LogP contribution in [-0.4, -0.2) is 91.1 Å². The number of H-pyrrole nitrogens is 1. The largest absolute Gasteiger partial charge is 0.480 e. The second kappa shape index (κ2) is 10.5. The van der Waals surface area contributed by atoms with Crippen molar-refractivity contribution in [1.29, 1.82) is 0 Å². The number of aliphatic carboxylic acids is 1. The number of primary amides is 1. The van der Waals surface area contributed by atoms with Crippen molar-refractivity contribution in [2.75, 3.05) is 6.61 Å². The number of nitrogens with two attached hydrogens (primary N) is 2. The monoisotopic (exact) mass is 479 g/mol. The van der Waals surface area contributed by atoms with E-state index < -0.39 is 90.8 Å². The highest BCUT2D eigenvalue weighted by Crippen LogP contribution is 2.30. The van der Waals surface area contributed by atoms with Crippen LogP contribution < -0.4 is 28.0 Å². The summed E-state index contributed by atoms with van der Waals surface area (Å²) in [6, 6.07) is -3.52. The number of hydrogen-bond donors (Lipinski definition) is 8. The maximum atomic E-state index is 13.6. The highest BCUT2D eigenvalue weighted by atomic mass is 19.1. The molecule has 0 aliphatic carbocycles. The third-order valence-corrected chi connectivity index (χ3v) is 4.65. The van der Waals surface area contributed by atoms with Crippen LogP contribution in [0, 0.1) is 5.82 Å². The van der Waals surface area contributed by atoms with Gasteiger partial charge in [0.05, 0.1) is 18.3 Å². The second-order valence-electron chi connectivity index (χ2n) is 7.07. The smallest absolute Gasteiger partial charge is 0.404 e. The van der Waals surface area contributed by atoms with E-state index in [0.29, 0.717) is 10.8 Å². The number of carbonyl (C=O) groups excluding carboxylic acids is 2. The van der Waals surface area contributed by atoms with Gasteiger partial charge in [-0.1, -0.05) is 0 Å². The number of carboxylic acid groups (broad SMARTS) is 1. The maximum absolute atomic E-state index is 13.6.